The van der Waals surface area contributed by atoms with E-state index in [2.05, 4.69) is 37.3 Å². The average Bonchev–Trinajstić information content (AvgIpc) is 1.82. The number of nitrogens with zero attached hydrogens (tertiary/aromatic N) is 1. The first-order valence-corrected chi connectivity index (χ1v) is 3.19. The van der Waals surface area contributed by atoms with Crippen molar-refractivity contribution in [1.29, 1.82) is 0 Å². The van der Waals surface area contributed by atoms with Crippen LogP contribution >= 0.6 is 0 Å². The van der Waals surface area contributed by atoms with E-state index in [1.54, 1.807) is 0 Å². The molecule has 1 atom stereocenters. The van der Waals surface area contributed by atoms with Crippen molar-refractivity contribution in [2.24, 2.45) is 0 Å². The van der Waals surface area contributed by atoms with Gasteiger partial charge in [-0.1, -0.05) is 6.08 Å². The molecule has 0 aromatic heterocycles. The fourth-order valence-corrected chi connectivity index (χ4v) is 0.408. The van der Waals surface area contributed by atoms with Crippen LogP contribution in [-0.4, -0.2) is 32.1 Å². The highest BCUT2D eigenvalue weighted by atomic mass is 15.1. The summed E-state index contributed by atoms with van der Waals surface area (Å²) in [7, 11) is 6.02. The Morgan fingerprint density at radius 3 is 2.33 bits per heavy atom. The molecule has 2 heteroatoms. The van der Waals surface area contributed by atoms with E-state index in [1.807, 2.05) is 13.2 Å². The summed E-state index contributed by atoms with van der Waals surface area (Å²) in [6.07, 6.45) is 4.06. The second kappa shape index (κ2) is 4.39. The predicted octanol–water partition coefficient (Wildman–Crippen LogP) is 0.670. The van der Waals surface area contributed by atoms with Crippen LogP contribution in [0.2, 0.25) is 0 Å². The molecule has 0 saturated carbocycles. The van der Waals surface area contributed by atoms with Gasteiger partial charge in [0.1, 0.15) is 0 Å². The Kier molecular flexibility index (Phi) is 4.14. The van der Waals surface area contributed by atoms with Crippen LogP contribution in [0.1, 0.15) is 6.92 Å². The lowest BCUT2D eigenvalue weighted by molar-refractivity contribution is 0.363. The zero-order valence-electron chi connectivity index (χ0n) is 6.68. The number of likely N-dealkylation sites (N-methyl/N-ethyl adjacent to an activating group) is 1. The van der Waals surface area contributed by atoms with Gasteiger partial charge in [0, 0.05) is 13.1 Å². The van der Waals surface area contributed by atoms with Gasteiger partial charge in [-0.15, -0.1) is 0 Å². The van der Waals surface area contributed by atoms with Gasteiger partial charge < -0.3 is 10.2 Å². The number of hydrogen-bond acceptors (Lipinski definition) is 2. The van der Waals surface area contributed by atoms with Crippen molar-refractivity contribution >= 4 is 0 Å². The fourth-order valence-electron chi connectivity index (χ4n) is 0.408. The molecule has 0 amide bonds. The highest BCUT2D eigenvalue weighted by Gasteiger charge is 1.95. The summed E-state index contributed by atoms with van der Waals surface area (Å²) in [4.78, 5) is 2.15. The molecule has 0 aliphatic rings. The van der Waals surface area contributed by atoms with Crippen molar-refractivity contribution in [2.75, 3.05) is 21.1 Å². The fraction of sp³-hybridized carbons (Fsp3) is 0.714. The monoisotopic (exact) mass is 128 g/mol. The van der Waals surface area contributed by atoms with Gasteiger partial charge in [0.2, 0.25) is 0 Å². The summed E-state index contributed by atoms with van der Waals surface area (Å²) < 4.78 is 0. The molecule has 0 spiro atoms. The molecular formula is C7H16N2. The van der Waals surface area contributed by atoms with Gasteiger partial charge in [-0.05, 0) is 27.2 Å². The Bertz CT molecular complexity index is 86.9. The highest BCUT2D eigenvalue weighted by molar-refractivity contribution is 4.87. The molecule has 0 bridgehead atoms. The molecule has 9 heavy (non-hydrogen) atoms. The minimum absolute atomic E-state index is 0.512. The predicted molar refractivity (Wildman–Crippen MR) is 41.3 cm³/mol. The molecule has 0 fully saturated rings. The van der Waals surface area contributed by atoms with E-state index in [1.165, 1.54) is 0 Å². The van der Waals surface area contributed by atoms with Crippen molar-refractivity contribution in [3.8, 4) is 0 Å². The topological polar surface area (TPSA) is 15.3 Å². The minimum Gasteiger partial charge on any atom is -0.394 e. The van der Waals surface area contributed by atoms with Crippen LogP contribution in [0.3, 0.4) is 0 Å². The summed E-state index contributed by atoms with van der Waals surface area (Å²) in [6, 6.07) is 0.512. The normalized spacial score (nSPS) is 14.8. The molecule has 1 N–H and O–H groups in total. The minimum atomic E-state index is 0.512. The van der Waals surface area contributed by atoms with Gasteiger partial charge in [-0.25, -0.2) is 0 Å². The summed E-state index contributed by atoms with van der Waals surface area (Å²) in [5.74, 6) is 0. The second-order valence-corrected chi connectivity index (χ2v) is 2.35. The van der Waals surface area contributed by atoms with Crippen LogP contribution in [0.4, 0.5) is 0 Å². The van der Waals surface area contributed by atoms with Gasteiger partial charge in [-0.2, -0.15) is 0 Å². The molecule has 0 aromatic carbocycles. The Balaban J connectivity index is 3.48. The van der Waals surface area contributed by atoms with Crippen LogP contribution in [0.15, 0.2) is 12.3 Å². The van der Waals surface area contributed by atoms with Crippen LogP contribution < -0.4 is 5.32 Å². The van der Waals surface area contributed by atoms with E-state index in [-0.39, 0.29) is 0 Å². The summed E-state index contributed by atoms with van der Waals surface area (Å²) in [5.41, 5.74) is 0. The molecule has 1 unspecified atom stereocenters. The first-order chi connectivity index (χ1) is 4.18. The summed E-state index contributed by atoms with van der Waals surface area (Å²) in [5, 5.41) is 2.95. The maximum atomic E-state index is 2.95. The lowest BCUT2D eigenvalue weighted by Crippen LogP contribution is -2.22. The quantitative estimate of drug-likeness (QED) is 0.601. The molecule has 0 aliphatic heterocycles. The van der Waals surface area contributed by atoms with Gasteiger partial charge >= 0.3 is 0 Å². The van der Waals surface area contributed by atoms with Crippen molar-refractivity contribution in [3.63, 3.8) is 0 Å². The molecule has 0 saturated heterocycles. The van der Waals surface area contributed by atoms with Crippen molar-refractivity contribution in [3.05, 3.63) is 12.3 Å². The standard InChI is InChI=1S/C7H16N2/c1-7(9(3)4)5-6-8-2/h5-8H,1-4H3/b6-5-. The Morgan fingerprint density at radius 2 is 2.00 bits per heavy atom. The van der Waals surface area contributed by atoms with Crippen LogP contribution in [0.5, 0.6) is 0 Å². The third-order valence-corrected chi connectivity index (χ3v) is 1.36. The largest absolute Gasteiger partial charge is 0.394 e. The van der Waals surface area contributed by atoms with E-state index in [0.29, 0.717) is 6.04 Å². The van der Waals surface area contributed by atoms with Crippen molar-refractivity contribution in [1.82, 2.24) is 10.2 Å². The van der Waals surface area contributed by atoms with E-state index in [0.717, 1.165) is 0 Å². The molecule has 0 aliphatic carbocycles. The molecule has 0 heterocycles. The SMILES string of the molecule is CN/C=C\C(C)N(C)C. The maximum Gasteiger partial charge on any atom is 0.0260 e. The zero-order valence-corrected chi connectivity index (χ0v) is 6.68. The Labute approximate surface area is 57.5 Å². The van der Waals surface area contributed by atoms with Gasteiger partial charge in [0.15, 0.2) is 0 Å². The van der Waals surface area contributed by atoms with E-state index in [4.69, 9.17) is 0 Å². The molecular weight excluding hydrogens is 112 g/mol. The van der Waals surface area contributed by atoms with Gasteiger partial charge in [-0.3, -0.25) is 0 Å². The maximum absolute atomic E-state index is 2.95. The Morgan fingerprint density at radius 1 is 1.44 bits per heavy atom. The zero-order chi connectivity index (χ0) is 7.28. The summed E-state index contributed by atoms with van der Waals surface area (Å²) >= 11 is 0. The van der Waals surface area contributed by atoms with Gasteiger partial charge in [0.05, 0.1) is 0 Å². The third kappa shape index (κ3) is 4.03. The first kappa shape index (κ1) is 8.50. The number of rotatable bonds is 3. The lowest BCUT2D eigenvalue weighted by Gasteiger charge is -2.14. The van der Waals surface area contributed by atoms with Crippen molar-refractivity contribution < 1.29 is 0 Å². The third-order valence-electron chi connectivity index (χ3n) is 1.36. The Hall–Kier alpha value is -0.500. The lowest BCUT2D eigenvalue weighted by atomic mass is 10.3. The molecule has 0 rings (SSSR count). The van der Waals surface area contributed by atoms with Crippen molar-refractivity contribution in [2.45, 2.75) is 13.0 Å². The van der Waals surface area contributed by atoms with E-state index in [9.17, 15) is 0 Å². The van der Waals surface area contributed by atoms with Gasteiger partial charge in [0.25, 0.3) is 0 Å². The molecule has 54 valence electrons. The van der Waals surface area contributed by atoms with Crippen LogP contribution in [0.25, 0.3) is 0 Å². The first-order valence-electron chi connectivity index (χ1n) is 3.19. The van der Waals surface area contributed by atoms with Crippen LogP contribution in [0, 0.1) is 0 Å². The molecule has 0 radical (unpaired) electrons. The van der Waals surface area contributed by atoms with E-state index < -0.39 is 0 Å². The summed E-state index contributed by atoms with van der Waals surface area (Å²) in [6.45, 7) is 2.15. The van der Waals surface area contributed by atoms with Crippen LogP contribution in [-0.2, 0) is 0 Å². The number of nitrogens with one attached hydrogen (secondary N) is 1. The molecule has 2 nitrogen and oxygen atoms in total. The average molecular weight is 128 g/mol. The smallest absolute Gasteiger partial charge is 0.0260 e. The van der Waals surface area contributed by atoms with E-state index >= 15 is 0 Å². The molecule has 0 aromatic rings. The second-order valence-electron chi connectivity index (χ2n) is 2.35. The number of hydrogen-bond donors (Lipinski definition) is 1. The highest BCUT2D eigenvalue weighted by Crippen LogP contribution is 1.90.